The Morgan fingerprint density at radius 1 is 0.913 bits per heavy atom. The lowest BCUT2D eigenvalue weighted by Crippen LogP contribution is -2.03. The zero-order valence-electron chi connectivity index (χ0n) is 11.6. The molecule has 0 amide bonds. The minimum atomic E-state index is -1.27. The molecule has 0 saturated carbocycles. The van der Waals surface area contributed by atoms with Crippen LogP contribution in [0.4, 0.5) is 0 Å². The van der Waals surface area contributed by atoms with Gasteiger partial charge in [-0.05, 0) is 42.1 Å². The molecule has 0 unspecified atom stereocenters. The Kier molecular flexibility index (Phi) is 4.84. The molecule has 23 heavy (non-hydrogen) atoms. The second kappa shape index (κ2) is 6.81. The molecule has 2 N–H and O–H groups in total. The molecule has 114 valence electrons. The van der Waals surface area contributed by atoms with Crippen LogP contribution in [0.15, 0.2) is 47.4 Å². The van der Waals surface area contributed by atoms with E-state index in [1.807, 2.05) is 0 Å². The molecule has 0 radical (unpaired) electrons. The first-order valence-corrected chi connectivity index (χ1v) is 7.13. The largest absolute Gasteiger partial charge is 0.478 e. The lowest BCUT2D eigenvalue weighted by Gasteiger charge is -2.05. The number of benzene rings is 2. The molecule has 0 aliphatic heterocycles. The monoisotopic (exact) mass is 326 g/mol. The maximum Gasteiger partial charge on any atom is 0.335 e. The van der Waals surface area contributed by atoms with E-state index in [-0.39, 0.29) is 21.1 Å². The molecule has 0 aromatic heterocycles. The molecule has 6 heteroatoms. The standard InChI is InChI=1S/C17H10O5S/c1-2-10-4-3-5-11(6-10)17(22)23-14-8-12(15(18)19)7-13(9-14)16(20)21/h1,3-9H,(H,18,19)(H,20,21). The van der Waals surface area contributed by atoms with Crippen molar-refractivity contribution in [3.05, 3.63) is 64.7 Å². The summed E-state index contributed by atoms with van der Waals surface area (Å²) in [6.07, 6.45) is 5.28. The van der Waals surface area contributed by atoms with Crippen LogP contribution in [0.2, 0.25) is 0 Å². The Labute approximate surface area is 136 Å². The topological polar surface area (TPSA) is 91.7 Å². The zero-order chi connectivity index (χ0) is 17.0. The molecule has 2 rings (SSSR count). The Bertz CT molecular complexity index is 816. The van der Waals surface area contributed by atoms with E-state index in [9.17, 15) is 14.4 Å². The van der Waals surface area contributed by atoms with Crippen LogP contribution in [0, 0.1) is 12.3 Å². The normalized spacial score (nSPS) is 9.87. The van der Waals surface area contributed by atoms with E-state index >= 15 is 0 Å². The number of carbonyl (C=O) groups excluding carboxylic acids is 1. The number of carboxylic acid groups (broad SMARTS) is 2. The molecule has 0 spiro atoms. The number of aromatic carboxylic acids is 2. The third-order valence-electron chi connectivity index (χ3n) is 2.88. The van der Waals surface area contributed by atoms with Gasteiger partial charge in [-0.2, -0.15) is 0 Å². The highest BCUT2D eigenvalue weighted by Crippen LogP contribution is 2.26. The number of carboxylic acids is 2. The van der Waals surface area contributed by atoms with Crippen LogP contribution in [0.1, 0.15) is 36.6 Å². The molecule has 0 aliphatic rings. The first kappa shape index (κ1) is 16.3. The third-order valence-corrected chi connectivity index (χ3v) is 3.77. The van der Waals surface area contributed by atoms with E-state index < -0.39 is 11.9 Å². The van der Waals surface area contributed by atoms with Gasteiger partial charge in [0.1, 0.15) is 0 Å². The van der Waals surface area contributed by atoms with Gasteiger partial charge >= 0.3 is 11.9 Å². The van der Waals surface area contributed by atoms with Gasteiger partial charge in [0.2, 0.25) is 5.12 Å². The van der Waals surface area contributed by atoms with Crippen molar-refractivity contribution >= 4 is 28.8 Å². The second-order valence-electron chi connectivity index (χ2n) is 4.47. The second-order valence-corrected chi connectivity index (χ2v) is 5.52. The van der Waals surface area contributed by atoms with Crippen LogP contribution >= 0.6 is 11.8 Å². The van der Waals surface area contributed by atoms with Crippen LogP contribution < -0.4 is 0 Å². The Hall–Kier alpha value is -3.04. The zero-order valence-corrected chi connectivity index (χ0v) is 12.5. The minimum absolute atomic E-state index is 0.197. The molecule has 0 heterocycles. The van der Waals surface area contributed by atoms with Gasteiger partial charge in [0.05, 0.1) is 11.1 Å². The van der Waals surface area contributed by atoms with Crippen molar-refractivity contribution in [3.63, 3.8) is 0 Å². The van der Waals surface area contributed by atoms with Crippen LogP contribution in [-0.4, -0.2) is 27.3 Å². The molecular weight excluding hydrogens is 316 g/mol. The predicted octanol–water partition coefficient (Wildman–Crippen LogP) is 3.00. The van der Waals surface area contributed by atoms with E-state index in [0.29, 0.717) is 11.1 Å². The molecule has 5 nitrogen and oxygen atoms in total. The first-order valence-electron chi connectivity index (χ1n) is 6.31. The summed E-state index contributed by atoms with van der Waals surface area (Å²) in [5.74, 6) is -0.117. The van der Waals surface area contributed by atoms with Crippen LogP contribution in [0.3, 0.4) is 0 Å². The van der Waals surface area contributed by atoms with Crippen molar-refractivity contribution in [1.29, 1.82) is 0 Å². The number of terminal acetylenes is 1. The van der Waals surface area contributed by atoms with Crippen molar-refractivity contribution < 1.29 is 24.6 Å². The van der Waals surface area contributed by atoms with E-state index in [1.165, 1.54) is 18.2 Å². The van der Waals surface area contributed by atoms with Gasteiger partial charge in [-0.25, -0.2) is 9.59 Å². The van der Waals surface area contributed by atoms with E-state index in [1.54, 1.807) is 18.2 Å². The summed E-state index contributed by atoms with van der Waals surface area (Å²) in [5.41, 5.74) is 0.500. The molecule has 0 atom stereocenters. The number of hydrogen-bond donors (Lipinski definition) is 2. The fourth-order valence-electron chi connectivity index (χ4n) is 1.81. The lowest BCUT2D eigenvalue weighted by molar-refractivity contribution is 0.0696. The van der Waals surface area contributed by atoms with Gasteiger partial charge in [0.15, 0.2) is 0 Å². The minimum Gasteiger partial charge on any atom is -0.478 e. The Balaban J connectivity index is 2.35. The van der Waals surface area contributed by atoms with Gasteiger partial charge < -0.3 is 10.2 Å². The summed E-state index contributed by atoms with van der Waals surface area (Å²) in [6.45, 7) is 0. The van der Waals surface area contributed by atoms with Gasteiger partial charge in [-0.1, -0.05) is 18.1 Å². The van der Waals surface area contributed by atoms with Gasteiger partial charge in [0, 0.05) is 16.0 Å². The summed E-state index contributed by atoms with van der Waals surface area (Å²) in [7, 11) is 0. The van der Waals surface area contributed by atoms with Gasteiger partial charge in [-0.15, -0.1) is 6.42 Å². The highest BCUT2D eigenvalue weighted by molar-refractivity contribution is 8.14. The number of carbonyl (C=O) groups is 3. The molecule has 0 aliphatic carbocycles. The maximum atomic E-state index is 12.2. The van der Waals surface area contributed by atoms with Crippen LogP contribution in [-0.2, 0) is 0 Å². The number of rotatable bonds is 4. The van der Waals surface area contributed by atoms with E-state index in [0.717, 1.165) is 17.8 Å². The third kappa shape index (κ3) is 3.99. The maximum absolute atomic E-state index is 12.2. The first-order chi connectivity index (χ1) is 10.9. The van der Waals surface area contributed by atoms with Crippen molar-refractivity contribution in [2.24, 2.45) is 0 Å². The summed E-state index contributed by atoms with van der Waals surface area (Å²) in [6, 6.07) is 9.97. The molecule has 0 saturated heterocycles. The van der Waals surface area contributed by atoms with Crippen molar-refractivity contribution in [2.45, 2.75) is 4.90 Å². The SMILES string of the molecule is C#Cc1cccc(C(=O)Sc2cc(C(=O)O)cc(C(=O)O)c2)c1. The summed E-state index contributed by atoms with van der Waals surface area (Å²) in [4.78, 5) is 34.6. The Morgan fingerprint density at radius 3 is 2.04 bits per heavy atom. The summed E-state index contributed by atoms with van der Waals surface area (Å²) in [5, 5.41) is 17.7. The van der Waals surface area contributed by atoms with Gasteiger partial charge in [0.25, 0.3) is 0 Å². The average Bonchev–Trinajstić information content (AvgIpc) is 2.54. The highest BCUT2D eigenvalue weighted by Gasteiger charge is 2.15. The quantitative estimate of drug-likeness (QED) is 0.663. The highest BCUT2D eigenvalue weighted by atomic mass is 32.2. The fourth-order valence-corrected chi connectivity index (χ4v) is 2.64. The summed E-state index contributed by atoms with van der Waals surface area (Å²) < 4.78 is 0. The van der Waals surface area contributed by atoms with Crippen molar-refractivity contribution in [1.82, 2.24) is 0 Å². The number of hydrogen-bond acceptors (Lipinski definition) is 4. The summed E-state index contributed by atoms with van der Waals surface area (Å²) >= 11 is 0.745. The predicted molar refractivity (Wildman–Crippen MR) is 84.9 cm³/mol. The average molecular weight is 326 g/mol. The van der Waals surface area contributed by atoms with Crippen molar-refractivity contribution in [3.8, 4) is 12.3 Å². The molecule has 2 aromatic rings. The van der Waals surface area contributed by atoms with E-state index in [4.69, 9.17) is 16.6 Å². The molecule has 2 aromatic carbocycles. The van der Waals surface area contributed by atoms with Gasteiger partial charge in [-0.3, -0.25) is 4.79 Å². The van der Waals surface area contributed by atoms with Crippen LogP contribution in [0.5, 0.6) is 0 Å². The number of thioether (sulfide) groups is 1. The molecule has 0 fully saturated rings. The smallest absolute Gasteiger partial charge is 0.335 e. The molecule has 0 bridgehead atoms. The molecular formula is C17H10O5S. The van der Waals surface area contributed by atoms with Crippen LogP contribution in [0.25, 0.3) is 0 Å². The Morgan fingerprint density at radius 2 is 1.52 bits per heavy atom. The van der Waals surface area contributed by atoms with E-state index in [2.05, 4.69) is 5.92 Å². The van der Waals surface area contributed by atoms with Crippen molar-refractivity contribution in [2.75, 3.05) is 0 Å². The lowest BCUT2D eigenvalue weighted by atomic mass is 10.1. The fraction of sp³-hybridized carbons (Fsp3) is 0.